The summed E-state index contributed by atoms with van der Waals surface area (Å²) in [6, 6.07) is 0. The zero-order chi connectivity index (χ0) is 21.9. The molecule has 3 aliphatic carbocycles. The molecule has 6 atom stereocenters. The molecule has 3 aliphatic rings. The van der Waals surface area contributed by atoms with Gasteiger partial charge in [0.2, 0.25) is 0 Å². The van der Waals surface area contributed by atoms with Gasteiger partial charge in [-0.1, -0.05) is 20.8 Å². The van der Waals surface area contributed by atoms with E-state index in [0.717, 1.165) is 25.7 Å². The van der Waals surface area contributed by atoms with Crippen LogP contribution in [-0.4, -0.2) is 30.4 Å². The second-order valence-corrected chi connectivity index (χ2v) is 10.3. The van der Waals surface area contributed by atoms with Crippen molar-refractivity contribution in [1.29, 1.82) is 0 Å². The summed E-state index contributed by atoms with van der Waals surface area (Å²) < 4.78 is 16.6. The molecule has 0 amide bonds. The quantitative estimate of drug-likeness (QED) is 0.693. The smallest absolute Gasteiger partial charge is 0.303 e. The zero-order valence-electron chi connectivity index (χ0n) is 18.6. The first kappa shape index (κ1) is 21.1. The number of carbonyl (C=O) groups is 3. The summed E-state index contributed by atoms with van der Waals surface area (Å²) in [5.74, 6) is -0.544. The van der Waals surface area contributed by atoms with Gasteiger partial charge in [0.1, 0.15) is 6.61 Å². The number of ether oxygens (including phenoxy) is 2. The van der Waals surface area contributed by atoms with E-state index in [1.165, 1.54) is 25.0 Å². The van der Waals surface area contributed by atoms with Gasteiger partial charge in [0.25, 0.3) is 0 Å². The second kappa shape index (κ2) is 6.96. The highest BCUT2D eigenvalue weighted by molar-refractivity contribution is 5.88. The molecule has 6 heteroatoms. The van der Waals surface area contributed by atoms with E-state index in [4.69, 9.17) is 13.9 Å². The van der Waals surface area contributed by atoms with Gasteiger partial charge >= 0.3 is 11.9 Å². The fraction of sp³-hybridized carbons (Fsp3) is 0.708. The van der Waals surface area contributed by atoms with Crippen LogP contribution >= 0.6 is 0 Å². The molecule has 2 saturated carbocycles. The third kappa shape index (κ3) is 2.94. The minimum absolute atomic E-state index is 0.0529. The van der Waals surface area contributed by atoms with Crippen molar-refractivity contribution in [2.24, 2.45) is 22.7 Å². The molecule has 164 valence electrons. The predicted molar refractivity (Wildman–Crippen MR) is 109 cm³/mol. The normalized spacial score (nSPS) is 40.0. The molecule has 4 rings (SSSR count). The Hall–Kier alpha value is -2.11. The highest BCUT2D eigenvalue weighted by Crippen LogP contribution is 2.66. The van der Waals surface area contributed by atoms with E-state index in [2.05, 4.69) is 13.8 Å². The Bertz CT molecular complexity index is 886. The maximum atomic E-state index is 13.4. The fourth-order valence-electron chi connectivity index (χ4n) is 7.36. The van der Waals surface area contributed by atoms with Gasteiger partial charge in [0.05, 0.1) is 12.5 Å². The third-order valence-corrected chi connectivity index (χ3v) is 8.49. The van der Waals surface area contributed by atoms with Crippen LogP contribution in [0, 0.1) is 22.7 Å². The monoisotopic (exact) mass is 416 g/mol. The number of esters is 2. The molecule has 6 nitrogen and oxygen atoms in total. The summed E-state index contributed by atoms with van der Waals surface area (Å²) in [7, 11) is 0. The summed E-state index contributed by atoms with van der Waals surface area (Å²) in [6.07, 6.45) is 7.00. The van der Waals surface area contributed by atoms with Crippen molar-refractivity contribution in [3.8, 4) is 0 Å². The van der Waals surface area contributed by atoms with E-state index < -0.39 is 17.5 Å². The summed E-state index contributed by atoms with van der Waals surface area (Å²) in [4.78, 5) is 36.8. The molecule has 1 aromatic rings. The number of fused-ring (bicyclic) bond motifs is 5. The molecule has 0 aromatic carbocycles. The van der Waals surface area contributed by atoms with Crippen LogP contribution in [0.1, 0.15) is 71.4 Å². The molecule has 1 heterocycles. The summed E-state index contributed by atoms with van der Waals surface area (Å²) in [5.41, 5.74) is 1.47. The summed E-state index contributed by atoms with van der Waals surface area (Å²) in [5, 5.41) is 0. The maximum absolute atomic E-state index is 13.4. The van der Waals surface area contributed by atoms with Crippen LogP contribution in [0.15, 0.2) is 16.9 Å². The minimum Gasteiger partial charge on any atom is -0.472 e. The van der Waals surface area contributed by atoms with Crippen LogP contribution in [0.5, 0.6) is 0 Å². The number of furan rings is 1. The van der Waals surface area contributed by atoms with Crippen molar-refractivity contribution in [1.82, 2.24) is 0 Å². The number of aryl methyl sites for hydroxylation is 1. The van der Waals surface area contributed by atoms with Crippen LogP contribution in [-0.2, 0) is 35.7 Å². The molecule has 0 unspecified atom stereocenters. The average molecular weight is 417 g/mol. The first-order chi connectivity index (χ1) is 14.0. The molecule has 30 heavy (non-hydrogen) atoms. The molecule has 0 spiro atoms. The predicted octanol–water partition coefficient (Wildman–Crippen LogP) is 3.99. The van der Waals surface area contributed by atoms with Gasteiger partial charge in [-0.2, -0.15) is 0 Å². The second-order valence-electron chi connectivity index (χ2n) is 10.3. The highest BCUT2D eigenvalue weighted by Gasteiger charge is 2.66. The fourth-order valence-corrected chi connectivity index (χ4v) is 7.36. The SMILES string of the molecule is CC(=O)OC[C@]1(C)[C@H]2CC[C@@]3(C)c4cocc4CC[C@@H]3[C@@]2(C)CC(=O)[C@H]1OC(C)=O. The van der Waals surface area contributed by atoms with E-state index in [9.17, 15) is 14.4 Å². The number of carbonyl (C=O) groups excluding carboxylic acids is 3. The van der Waals surface area contributed by atoms with Crippen molar-refractivity contribution in [2.45, 2.75) is 78.2 Å². The van der Waals surface area contributed by atoms with Gasteiger partial charge in [0.15, 0.2) is 11.9 Å². The molecule has 0 N–H and O–H groups in total. The molecule has 0 bridgehead atoms. The van der Waals surface area contributed by atoms with Crippen LogP contribution in [0.25, 0.3) is 0 Å². The van der Waals surface area contributed by atoms with Crippen molar-refractivity contribution in [3.63, 3.8) is 0 Å². The number of ketones is 1. The van der Waals surface area contributed by atoms with Crippen LogP contribution in [0.2, 0.25) is 0 Å². The highest BCUT2D eigenvalue weighted by atomic mass is 16.6. The first-order valence-corrected chi connectivity index (χ1v) is 10.9. The lowest BCUT2D eigenvalue weighted by molar-refractivity contribution is -0.203. The topological polar surface area (TPSA) is 82.8 Å². The van der Waals surface area contributed by atoms with E-state index in [0.29, 0.717) is 12.3 Å². The van der Waals surface area contributed by atoms with Gasteiger partial charge in [-0.15, -0.1) is 0 Å². The van der Waals surface area contributed by atoms with Gasteiger partial charge in [0, 0.05) is 25.7 Å². The Kier molecular flexibility index (Phi) is 4.90. The minimum atomic E-state index is -0.884. The van der Waals surface area contributed by atoms with Crippen molar-refractivity contribution in [2.75, 3.05) is 6.61 Å². The number of hydrogen-bond acceptors (Lipinski definition) is 6. The van der Waals surface area contributed by atoms with E-state index in [1.807, 2.05) is 19.5 Å². The van der Waals surface area contributed by atoms with E-state index >= 15 is 0 Å². The first-order valence-electron chi connectivity index (χ1n) is 10.9. The largest absolute Gasteiger partial charge is 0.472 e. The van der Waals surface area contributed by atoms with E-state index in [-0.39, 0.29) is 35.1 Å². The molecule has 0 saturated heterocycles. The van der Waals surface area contributed by atoms with E-state index in [1.54, 1.807) is 0 Å². The Morgan fingerprint density at radius 3 is 2.50 bits per heavy atom. The lowest BCUT2D eigenvalue weighted by Gasteiger charge is -2.64. The number of rotatable bonds is 3. The van der Waals surface area contributed by atoms with Crippen molar-refractivity contribution in [3.05, 3.63) is 23.7 Å². The molecule has 2 fully saturated rings. The zero-order valence-corrected chi connectivity index (χ0v) is 18.6. The Morgan fingerprint density at radius 2 is 1.83 bits per heavy atom. The standard InChI is InChI=1S/C24H32O6/c1-14(25)29-13-24(5)20-8-9-22(3)17-12-28-11-16(17)6-7-19(22)23(20,4)10-18(27)21(24)30-15(2)26/h11-12,19-21H,6-10,13H2,1-5H3/t19-,20-,21+,22-,23+,24+/m0/s1. The van der Waals surface area contributed by atoms with Crippen molar-refractivity contribution >= 4 is 17.7 Å². The maximum Gasteiger partial charge on any atom is 0.303 e. The lowest BCUT2D eigenvalue weighted by Crippen LogP contribution is -2.65. The van der Waals surface area contributed by atoms with Crippen molar-refractivity contribution < 1.29 is 28.3 Å². The van der Waals surface area contributed by atoms with Gasteiger partial charge in [-0.3, -0.25) is 14.4 Å². The average Bonchev–Trinajstić information content (AvgIpc) is 3.13. The number of Topliss-reactive ketones (excluding diaryl/α,β-unsaturated/α-hetero) is 1. The van der Waals surface area contributed by atoms with Crippen LogP contribution in [0.4, 0.5) is 0 Å². The van der Waals surface area contributed by atoms with Gasteiger partial charge in [-0.25, -0.2) is 0 Å². The molecule has 0 aliphatic heterocycles. The Morgan fingerprint density at radius 1 is 1.10 bits per heavy atom. The third-order valence-electron chi connectivity index (χ3n) is 8.49. The lowest BCUT2D eigenvalue weighted by atomic mass is 9.40. The van der Waals surface area contributed by atoms with Crippen LogP contribution < -0.4 is 0 Å². The Labute approximate surface area is 177 Å². The number of hydrogen-bond donors (Lipinski definition) is 0. The molecular formula is C24H32O6. The Balaban J connectivity index is 1.77. The summed E-state index contributed by atoms with van der Waals surface area (Å²) >= 11 is 0. The van der Waals surface area contributed by atoms with Gasteiger partial charge < -0.3 is 13.9 Å². The molecule has 1 aromatic heterocycles. The summed E-state index contributed by atoms with van der Waals surface area (Å²) in [6.45, 7) is 9.25. The molecular weight excluding hydrogens is 384 g/mol. The van der Waals surface area contributed by atoms with Crippen LogP contribution in [0.3, 0.4) is 0 Å². The van der Waals surface area contributed by atoms with Gasteiger partial charge in [-0.05, 0) is 59.5 Å². The molecule has 0 radical (unpaired) electrons.